The van der Waals surface area contributed by atoms with Gasteiger partial charge in [-0.1, -0.05) is 30.3 Å². The molecule has 0 saturated carbocycles. The van der Waals surface area contributed by atoms with Crippen molar-refractivity contribution in [2.75, 3.05) is 33.8 Å². The van der Waals surface area contributed by atoms with Crippen LogP contribution in [0.3, 0.4) is 0 Å². The van der Waals surface area contributed by atoms with E-state index in [0.29, 0.717) is 5.92 Å². The summed E-state index contributed by atoms with van der Waals surface area (Å²) in [6.07, 6.45) is 1.06. The van der Waals surface area contributed by atoms with Crippen molar-refractivity contribution < 1.29 is 9.53 Å². The summed E-state index contributed by atoms with van der Waals surface area (Å²) in [6.45, 7) is 2.62. The smallest absolute Gasteiger partial charge is 0.253 e. The number of amides is 1. The van der Waals surface area contributed by atoms with Crippen LogP contribution in [0, 0.1) is 5.92 Å². The van der Waals surface area contributed by atoms with Gasteiger partial charge in [-0.15, -0.1) is 12.4 Å². The highest BCUT2D eigenvalue weighted by molar-refractivity contribution is 5.96. The first-order valence-electron chi connectivity index (χ1n) is 8.40. The Balaban J connectivity index is 0.00000225. The highest BCUT2D eigenvalue weighted by atomic mass is 35.5. The van der Waals surface area contributed by atoms with Gasteiger partial charge in [-0.05, 0) is 49.7 Å². The molecule has 1 aliphatic heterocycles. The molecule has 2 aromatic carbocycles. The fourth-order valence-corrected chi connectivity index (χ4v) is 3.34. The van der Waals surface area contributed by atoms with E-state index < -0.39 is 0 Å². The van der Waals surface area contributed by atoms with Gasteiger partial charge in [0.1, 0.15) is 5.75 Å². The Kier molecular flexibility index (Phi) is 6.85. The molecule has 1 aliphatic rings. The zero-order chi connectivity index (χ0) is 16.9. The maximum Gasteiger partial charge on any atom is 0.253 e. The quantitative estimate of drug-likeness (QED) is 0.887. The standard InChI is InChI=1S/C20H24N2O2.ClH/c1-21-13-15-10-11-22(14-15)20(23)17-8-9-19(24-2)18(12-17)16-6-4-3-5-7-16;/h3-9,12,15,21H,10-11,13-14H2,1-2H3;1H. The van der Waals surface area contributed by atoms with Crippen molar-refractivity contribution in [2.45, 2.75) is 6.42 Å². The lowest BCUT2D eigenvalue weighted by Crippen LogP contribution is -2.30. The molecule has 5 heteroatoms. The van der Waals surface area contributed by atoms with Gasteiger partial charge in [-0.3, -0.25) is 4.79 Å². The molecule has 3 rings (SSSR count). The summed E-state index contributed by atoms with van der Waals surface area (Å²) in [4.78, 5) is 14.8. The largest absolute Gasteiger partial charge is 0.496 e. The highest BCUT2D eigenvalue weighted by Crippen LogP contribution is 2.31. The van der Waals surface area contributed by atoms with E-state index in [2.05, 4.69) is 5.32 Å². The van der Waals surface area contributed by atoms with Crippen LogP contribution in [-0.4, -0.2) is 44.6 Å². The van der Waals surface area contributed by atoms with Gasteiger partial charge < -0.3 is 15.0 Å². The number of benzene rings is 2. The summed E-state index contributed by atoms with van der Waals surface area (Å²) < 4.78 is 5.48. The van der Waals surface area contributed by atoms with Crippen LogP contribution in [0.4, 0.5) is 0 Å². The molecule has 4 nitrogen and oxygen atoms in total. The second kappa shape index (κ2) is 8.88. The van der Waals surface area contributed by atoms with E-state index in [0.717, 1.165) is 48.5 Å². The van der Waals surface area contributed by atoms with Gasteiger partial charge in [0.05, 0.1) is 7.11 Å². The molecule has 134 valence electrons. The summed E-state index contributed by atoms with van der Waals surface area (Å²) in [6, 6.07) is 15.7. The van der Waals surface area contributed by atoms with Crippen LogP contribution in [0.15, 0.2) is 48.5 Å². The van der Waals surface area contributed by atoms with Crippen molar-refractivity contribution in [3.63, 3.8) is 0 Å². The molecule has 1 unspecified atom stereocenters. The van der Waals surface area contributed by atoms with Gasteiger partial charge in [0.2, 0.25) is 0 Å². The first-order chi connectivity index (χ1) is 11.7. The lowest BCUT2D eigenvalue weighted by Gasteiger charge is -2.18. The number of hydrogen-bond donors (Lipinski definition) is 1. The topological polar surface area (TPSA) is 41.6 Å². The van der Waals surface area contributed by atoms with E-state index in [1.165, 1.54) is 0 Å². The van der Waals surface area contributed by atoms with E-state index in [1.54, 1.807) is 7.11 Å². The van der Waals surface area contributed by atoms with Crippen LogP contribution >= 0.6 is 12.4 Å². The second-order valence-electron chi connectivity index (χ2n) is 6.24. The molecule has 0 bridgehead atoms. The van der Waals surface area contributed by atoms with Gasteiger partial charge in [-0.2, -0.15) is 0 Å². The van der Waals surface area contributed by atoms with Crippen molar-refractivity contribution in [1.82, 2.24) is 10.2 Å². The molecule has 2 aromatic rings. The van der Waals surface area contributed by atoms with Crippen LogP contribution in [0.2, 0.25) is 0 Å². The van der Waals surface area contributed by atoms with Crippen LogP contribution in [0.25, 0.3) is 11.1 Å². The number of hydrogen-bond acceptors (Lipinski definition) is 3. The van der Waals surface area contributed by atoms with Crippen LogP contribution < -0.4 is 10.1 Å². The van der Waals surface area contributed by atoms with Crippen molar-refractivity contribution in [3.05, 3.63) is 54.1 Å². The maximum absolute atomic E-state index is 12.8. The number of ether oxygens (including phenoxy) is 1. The predicted molar refractivity (Wildman–Crippen MR) is 104 cm³/mol. The average molecular weight is 361 g/mol. The molecule has 0 aromatic heterocycles. The minimum atomic E-state index is 0. The summed E-state index contributed by atoms with van der Waals surface area (Å²) in [5, 5.41) is 3.20. The molecule has 1 heterocycles. The van der Waals surface area contributed by atoms with Gasteiger partial charge in [0.25, 0.3) is 5.91 Å². The number of methoxy groups -OCH3 is 1. The Morgan fingerprint density at radius 3 is 2.68 bits per heavy atom. The van der Waals surface area contributed by atoms with Crippen molar-refractivity contribution in [3.8, 4) is 16.9 Å². The Morgan fingerprint density at radius 2 is 2.00 bits per heavy atom. The fraction of sp³-hybridized carbons (Fsp3) is 0.350. The maximum atomic E-state index is 12.8. The number of likely N-dealkylation sites (tertiary alicyclic amines) is 1. The van der Waals surface area contributed by atoms with E-state index >= 15 is 0 Å². The normalized spacial score (nSPS) is 16.4. The minimum Gasteiger partial charge on any atom is -0.496 e. The first-order valence-corrected chi connectivity index (χ1v) is 8.40. The molecular weight excluding hydrogens is 336 g/mol. The lowest BCUT2D eigenvalue weighted by atomic mass is 10.0. The second-order valence-corrected chi connectivity index (χ2v) is 6.24. The van der Waals surface area contributed by atoms with Gasteiger partial charge >= 0.3 is 0 Å². The van der Waals surface area contributed by atoms with E-state index in [9.17, 15) is 4.79 Å². The van der Waals surface area contributed by atoms with Crippen molar-refractivity contribution in [1.29, 1.82) is 0 Å². The number of nitrogens with zero attached hydrogens (tertiary/aromatic N) is 1. The number of carbonyl (C=O) groups is 1. The SMILES string of the molecule is CNCC1CCN(C(=O)c2ccc(OC)c(-c3ccccc3)c2)C1.Cl. The van der Waals surface area contributed by atoms with E-state index in [-0.39, 0.29) is 18.3 Å². The molecule has 1 fully saturated rings. The molecule has 0 radical (unpaired) electrons. The first kappa shape index (κ1) is 19.3. The van der Waals surface area contributed by atoms with E-state index in [4.69, 9.17) is 4.74 Å². The Hall–Kier alpha value is -2.04. The Morgan fingerprint density at radius 1 is 1.24 bits per heavy atom. The zero-order valence-corrected chi connectivity index (χ0v) is 15.5. The van der Waals surface area contributed by atoms with Gasteiger partial charge in [0.15, 0.2) is 0 Å². The predicted octanol–water partition coefficient (Wildman–Crippen LogP) is 3.47. The lowest BCUT2D eigenvalue weighted by molar-refractivity contribution is 0.0787. The van der Waals surface area contributed by atoms with Gasteiger partial charge in [-0.25, -0.2) is 0 Å². The molecule has 0 aliphatic carbocycles. The van der Waals surface area contributed by atoms with Crippen LogP contribution in [0.5, 0.6) is 5.75 Å². The monoisotopic (exact) mass is 360 g/mol. The molecule has 0 spiro atoms. The van der Waals surface area contributed by atoms with Crippen LogP contribution in [0.1, 0.15) is 16.8 Å². The third-order valence-electron chi connectivity index (χ3n) is 4.60. The van der Waals surface area contributed by atoms with Crippen molar-refractivity contribution >= 4 is 18.3 Å². The number of rotatable bonds is 5. The number of halogens is 1. The molecule has 1 amide bonds. The minimum absolute atomic E-state index is 0. The van der Waals surface area contributed by atoms with Crippen LogP contribution in [-0.2, 0) is 0 Å². The third-order valence-corrected chi connectivity index (χ3v) is 4.60. The molecular formula is C20H25ClN2O2. The Labute approximate surface area is 155 Å². The molecule has 25 heavy (non-hydrogen) atoms. The fourth-order valence-electron chi connectivity index (χ4n) is 3.34. The number of nitrogens with one attached hydrogen (secondary N) is 1. The Bertz CT molecular complexity index is 706. The molecule has 1 atom stereocenters. The van der Waals surface area contributed by atoms with Gasteiger partial charge in [0, 0.05) is 24.2 Å². The zero-order valence-electron chi connectivity index (χ0n) is 14.7. The summed E-state index contributed by atoms with van der Waals surface area (Å²) in [5.74, 6) is 1.44. The number of carbonyl (C=O) groups excluding carboxylic acids is 1. The highest BCUT2D eigenvalue weighted by Gasteiger charge is 2.26. The summed E-state index contributed by atoms with van der Waals surface area (Å²) in [7, 11) is 3.62. The summed E-state index contributed by atoms with van der Waals surface area (Å²) in [5.41, 5.74) is 2.73. The van der Waals surface area contributed by atoms with E-state index in [1.807, 2.05) is 60.5 Å². The average Bonchev–Trinajstić information content (AvgIpc) is 3.10. The third kappa shape index (κ3) is 4.33. The van der Waals surface area contributed by atoms with Crippen molar-refractivity contribution in [2.24, 2.45) is 5.92 Å². The molecule has 1 saturated heterocycles. The summed E-state index contributed by atoms with van der Waals surface area (Å²) >= 11 is 0. The molecule has 1 N–H and O–H groups in total.